The van der Waals surface area contributed by atoms with Gasteiger partial charge in [-0.25, -0.2) is 0 Å². The quantitative estimate of drug-likeness (QED) is 0.0872. The summed E-state index contributed by atoms with van der Waals surface area (Å²) in [4.78, 5) is 9.12. The number of rotatable bonds is 18. The Morgan fingerprint density at radius 3 is 1.05 bits per heavy atom. The summed E-state index contributed by atoms with van der Waals surface area (Å²) in [7, 11) is 0. The monoisotopic (exact) mass is 578 g/mol. The van der Waals surface area contributed by atoms with Crippen LogP contribution in [-0.2, 0) is 0 Å². The molecule has 6 nitrogen and oxygen atoms in total. The Morgan fingerprint density at radius 1 is 0.419 bits per heavy atom. The molecule has 0 saturated carbocycles. The third-order valence-corrected chi connectivity index (χ3v) is 6.52. The average Bonchev–Trinajstić information content (AvgIpc) is 3.05. The third-order valence-electron chi connectivity index (χ3n) is 6.52. The Kier molecular flexibility index (Phi) is 13.2. The van der Waals surface area contributed by atoms with Crippen LogP contribution in [0.25, 0.3) is 0 Å². The van der Waals surface area contributed by atoms with E-state index in [0.717, 1.165) is 90.8 Å². The molecule has 6 heteroatoms. The summed E-state index contributed by atoms with van der Waals surface area (Å²) in [5.41, 5.74) is 3.80. The third kappa shape index (κ3) is 11.7. The van der Waals surface area contributed by atoms with Gasteiger partial charge in [0.2, 0.25) is 0 Å². The molecular weight excluding hydrogens is 536 g/mol. The van der Waals surface area contributed by atoms with Gasteiger partial charge in [-0.2, -0.15) is 0 Å². The molecule has 43 heavy (non-hydrogen) atoms. The predicted molar refractivity (Wildman–Crippen MR) is 177 cm³/mol. The highest BCUT2D eigenvalue weighted by Gasteiger charge is 1.99. The van der Waals surface area contributed by atoms with E-state index in [1.807, 2.05) is 109 Å². The topological polar surface area (TPSA) is 61.6 Å². The lowest BCUT2D eigenvalue weighted by Crippen LogP contribution is -2.04. The molecule has 0 unspecified atom stereocenters. The predicted octanol–water partition coefficient (Wildman–Crippen LogP) is 9.39. The van der Waals surface area contributed by atoms with Crippen LogP contribution in [0.5, 0.6) is 23.0 Å². The summed E-state index contributed by atoms with van der Waals surface area (Å²) in [5, 5.41) is 0. The Labute approximate surface area is 256 Å². The number of aliphatic imine (C=N–C) groups is 2. The van der Waals surface area contributed by atoms with Gasteiger partial charge in [0.25, 0.3) is 0 Å². The fourth-order valence-corrected chi connectivity index (χ4v) is 3.96. The van der Waals surface area contributed by atoms with Crippen molar-refractivity contribution in [2.75, 3.05) is 26.4 Å². The van der Waals surface area contributed by atoms with Crippen molar-refractivity contribution >= 4 is 23.8 Å². The number of nitrogens with zero attached hydrogens (tertiary/aromatic N) is 2. The van der Waals surface area contributed by atoms with Gasteiger partial charge in [0.15, 0.2) is 0 Å². The molecule has 0 fully saturated rings. The number of hydrogen-bond acceptors (Lipinski definition) is 6. The first-order valence-corrected chi connectivity index (χ1v) is 15.2. The van der Waals surface area contributed by atoms with Crippen LogP contribution in [0.4, 0.5) is 11.4 Å². The van der Waals surface area contributed by atoms with E-state index in [0.29, 0.717) is 13.2 Å². The zero-order valence-electron chi connectivity index (χ0n) is 25.3. The molecular formula is C37H42N2O4. The minimum Gasteiger partial charge on any atom is -0.494 e. The Balaban J connectivity index is 1.12. The van der Waals surface area contributed by atoms with Gasteiger partial charge in [-0.05, 0) is 121 Å². The molecule has 0 amide bonds. The van der Waals surface area contributed by atoms with Gasteiger partial charge in [-0.3, -0.25) is 9.98 Å². The Hall–Kier alpha value is -4.58. The van der Waals surface area contributed by atoms with E-state index < -0.39 is 0 Å². The molecule has 0 aromatic heterocycles. The first kappa shape index (κ1) is 31.4. The molecule has 0 bridgehead atoms. The van der Waals surface area contributed by atoms with Gasteiger partial charge >= 0.3 is 0 Å². The highest BCUT2D eigenvalue weighted by molar-refractivity contribution is 5.82. The fraction of sp³-hybridized carbons (Fsp3) is 0.297. The van der Waals surface area contributed by atoms with Crippen molar-refractivity contribution in [1.29, 1.82) is 0 Å². The van der Waals surface area contributed by atoms with E-state index in [9.17, 15) is 0 Å². The zero-order valence-corrected chi connectivity index (χ0v) is 25.3. The molecule has 0 radical (unpaired) electrons. The molecule has 0 aliphatic carbocycles. The summed E-state index contributed by atoms with van der Waals surface area (Å²) in [6.45, 7) is 6.96. The van der Waals surface area contributed by atoms with Crippen molar-refractivity contribution < 1.29 is 18.9 Å². The van der Waals surface area contributed by atoms with Gasteiger partial charge in [0.1, 0.15) is 23.0 Å². The highest BCUT2D eigenvalue weighted by Crippen LogP contribution is 2.21. The van der Waals surface area contributed by atoms with Crippen molar-refractivity contribution in [2.45, 2.75) is 46.0 Å². The maximum atomic E-state index is 5.87. The van der Waals surface area contributed by atoms with Crippen molar-refractivity contribution in [2.24, 2.45) is 9.98 Å². The van der Waals surface area contributed by atoms with E-state index in [-0.39, 0.29) is 0 Å². The van der Waals surface area contributed by atoms with Gasteiger partial charge in [-0.1, -0.05) is 26.7 Å². The van der Waals surface area contributed by atoms with Crippen molar-refractivity contribution in [3.63, 3.8) is 0 Å². The van der Waals surface area contributed by atoms with Crippen molar-refractivity contribution in [1.82, 2.24) is 0 Å². The molecule has 4 aromatic rings. The van der Waals surface area contributed by atoms with Crippen molar-refractivity contribution in [3.05, 3.63) is 108 Å². The SMILES string of the molecule is CCCCOc1ccc(C=Nc2ccc(OCCCOc3ccc(N=Cc4ccc(OCCCC)cc4)cc3)cc2)cc1. The maximum absolute atomic E-state index is 5.87. The smallest absolute Gasteiger partial charge is 0.119 e. The fourth-order valence-electron chi connectivity index (χ4n) is 3.96. The van der Waals surface area contributed by atoms with E-state index >= 15 is 0 Å². The second kappa shape index (κ2) is 18.1. The number of ether oxygens (including phenoxy) is 4. The summed E-state index contributed by atoms with van der Waals surface area (Å²) in [6, 6.07) is 31.5. The second-order valence-electron chi connectivity index (χ2n) is 10.1. The van der Waals surface area contributed by atoms with Crippen molar-refractivity contribution in [3.8, 4) is 23.0 Å². The normalized spacial score (nSPS) is 11.2. The van der Waals surface area contributed by atoms with Crippen LogP contribution < -0.4 is 18.9 Å². The Bertz CT molecular complexity index is 1270. The molecule has 0 N–H and O–H groups in total. The van der Waals surface area contributed by atoms with Crippen LogP contribution >= 0.6 is 0 Å². The number of benzene rings is 4. The van der Waals surface area contributed by atoms with Gasteiger partial charge < -0.3 is 18.9 Å². The summed E-state index contributed by atoms with van der Waals surface area (Å²) >= 11 is 0. The van der Waals surface area contributed by atoms with E-state index in [4.69, 9.17) is 18.9 Å². The number of hydrogen-bond donors (Lipinski definition) is 0. The molecule has 0 atom stereocenters. The van der Waals surface area contributed by atoms with Gasteiger partial charge in [0, 0.05) is 18.9 Å². The second-order valence-corrected chi connectivity index (χ2v) is 10.1. The Morgan fingerprint density at radius 2 is 0.721 bits per heavy atom. The molecule has 0 spiro atoms. The first-order valence-electron chi connectivity index (χ1n) is 15.2. The largest absolute Gasteiger partial charge is 0.494 e. The van der Waals surface area contributed by atoms with Crippen LogP contribution in [0.15, 0.2) is 107 Å². The van der Waals surface area contributed by atoms with Gasteiger partial charge in [-0.15, -0.1) is 0 Å². The highest BCUT2D eigenvalue weighted by atomic mass is 16.5. The molecule has 224 valence electrons. The zero-order chi connectivity index (χ0) is 30.0. The minimum atomic E-state index is 0.570. The lowest BCUT2D eigenvalue weighted by molar-refractivity contribution is 0.247. The summed E-state index contributed by atoms with van der Waals surface area (Å²) in [5.74, 6) is 3.41. The molecule has 0 heterocycles. The van der Waals surface area contributed by atoms with Crippen LogP contribution in [0.1, 0.15) is 57.1 Å². The van der Waals surface area contributed by atoms with Gasteiger partial charge in [0.05, 0.1) is 37.8 Å². The molecule has 4 aromatic carbocycles. The molecule has 0 aliphatic rings. The lowest BCUT2D eigenvalue weighted by atomic mass is 10.2. The van der Waals surface area contributed by atoms with Crippen LogP contribution in [0.2, 0.25) is 0 Å². The average molecular weight is 579 g/mol. The first-order chi connectivity index (χ1) is 21.2. The van der Waals surface area contributed by atoms with E-state index in [1.165, 1.54) is 0 Å². The number of unbranched alkanes of at least 4 members (excludes halogenated alkanes) is 2. The van der Waals surface area contributed by atoms with E-state index in [2.05, 4.69) is 23.8 Å². The lowest BCUT2D eigenvalue weighted by Gasteiger charge is -2.08. The standard InChI is InChI=1S/C37H42N2O4/c1-3-5-24-40-34-16-8-30(9-17-34)28-38-32-12-20-36(21-13-32)42-26-7-27-43-37-22-14-33(15-23-37)39-29-31-10-18-35(19-11-31)41-25-6-4-2/h8-23,28-29H,3-7,24-27H2,1-2H3. The minimum absolute atomic E-state index is 0.570. The van der Waals surface area contributed by atoms with Crippen LogP contribution in [0, 0.1) is 0 Å². The molecule has 4 rings (SSSR count). The summed E-state index contributed by atoms with van der Waals surface area (Å²) < 4.78 is 23.2. The van der Waals surface area contributed by atoms with Crippen LogP contribution in [0.3, 0.4) is 0 Å². The van der Waals surface area contributed by atoms with E-state index in [1.54, 1.807) is 0 Å². The maximum Gasteiger partial charge on any atom is 0.119 e. The molecule has 0 aliphatic heterocycles. The summed E-state index contributed by atoms with van der Waals surface area (Å²) in [6.07, 6.45) is 8.86. The molecule has 0 saturated heterocycles. The van der Waals surface area contributed by atoms with Crippen LogP contribution in [-0.4, -0.2) is 38.9 Å².